The quantitative estimate of drug-likeness (QED) is 0.894. The normalized spacial score (nSPS) is 22.9. The summed E-state index contributed by atoms with van der Waals surface area (Å²) in [5, 5.41) is 3.49. The number of nitrogens with zero attached hydrogens (tertiary/aromatic N) is 2. The lowest BCUT2D eigenvalue weighted by atomic mass is 9.93. The first-order chi connectivity index (χ1) is 9.97. The van der Waals surface area contributed by atoms with Crippen molar-refractivity contribution < 1.29 is 0 Å². The van der Waals surface area contributed by atoms with E-state index < -0.39 is 0 Å². The maximum Gasteiger partial charge on any atom is 0.131 e. The average molecular weight is 289 g/mol. The van der Waals surface area contributed by atoms with E-state index in [1.165, 1.54) is 29.8 Å². The Hall–Kier alpha value is -1.09. The molecule has 1 aliphatic heterocycles. The lowest BCUT2D eigenvalue weighted by molar-refractivity contribution is 0.375. The predicted molar refractivity (Wildman–Crippen MR) is 90.7 cm³/mol. The minimum absolute atomic E-state index is 0.602. The van der Waals surface area contributed by atoms with E-state index in [0.29, 0.717) is 12.0 Å². The van der Waals surface area contributed by atoms with Crippen molar-refractivity contribution in [1.29, 1.82) is 0 Å². The molecule has 1 fully saturated rings. The second kappa shape index (κ2) is 7.26. The van der Waals surface area contributed by atoms with Crippen LogP contribution in [0.15, 0.2) is 12.3 Å². The van der Waals surface area contributed by atoms with E-state index in [9.17, 15) is 0 Å². The molecule has 2 heterocycles. The number of nitrogens with one attached hydrogen (secondary N) is 1. The van der Waals surface area contributed by atoms with E-state index in [4.69, 9.17) is 4.98 Å². The molecule has 0 radical (unpaired) electrons. The zero-order valence-electron chi connectivity index (χ0n) is 14.3. The number of aryl methyl sites for hydroxylation is 1. The molecule has 118 valence electrons. The third kappa shape index (κ3) is 4.44. The van der Waals surface area contributed by atoms with Crippen LogP contribution in [0.4, 0.5) is 5.82 Å². The third-order valence-electron chi connectivity index (χ3n) is 4.40. The first-order valence-corrected chi connectivity index (χ1v) is 8.40. The molecule has 1 N–H and O–H groups in total. The molecule has 2 atom stereocenters. The number of piperidine rings is 1. The smallest absolute Gasteiger partial charge is 0.131 e. The summed E-state index contributed by atoms with van der Waals surface area (Å²) in [7, 11) is 0. The van der Waals surface area contributed by atoms with Gasteiger partial charge in [-0.3, -0.25) is 0 Å². The zero-order valence-corrected chi connectivity index (χ0v) is 14.3. The second-order valence-electron chi connectivity index (χ2n) is 7.18. The van der Waals surface area contributed by atoms with Gasteiger partial charge in [0.25, 0.3) is 0 Å². The Morgan fingerprint density at radius 1 is 1.38 bits per heavy atom. The minimum Gasteiger partial charge on any atom is -0.354 e. The van der Waals surface area contributed by atoms with Crippen molar-refractivity contribution in [3.05, 3.63) is 23.4 Å². The lowest BCUT2D eigenvalue weighted by Crippen LogP contribution is -2.41. The molecule has 0 bridgehead atoms. The Kier molecular flexibility index (Phi) is 5.63. The molecule has 1 aromatic rings. The van der Waals surface area contributed by atoms with Crippen molar-refractivity contribution in [2.75, 3.05) is 18.0 Å². The van der Waals surface area contributed by atoms with Crippen LogP contribution in [0, 0.1) is 18.8 Å². The van der Waals surface area contributed by atoms with E-state index >= 15 is 0 Å². The average Bonchev–Trinajstić information content (AvgIpc) is 2.39. The van der Waals surface area contributed by atoms with Crippen LogP contribution in [0.5, 0.6) is 0 Å². The van der Waals surface area contributed by atoms with Crippen LogP contribution < -0.4 is 10.2 Å². The summed E-state index contributed by atoms with van der Waals surface area (Å²) < 4.78 is 0. The SMILES string of the molecule is Cc1cc(CNCC(C)C)cnc1N1CCC(C)CC1C. The van der Waals surface area contributed by atoms with Crippen molar-refractivity contribution in [1.82, 2.24) is 10.3 Å². The summed E-state index contributed by atoms with van der Waals surface area (Å²) in [5.41, 5.74) is 2.59. The van der Waals surface area contributed by atoms with Crippen molar-refractivity contribution >= 4 is 5.82 Å². The molecule has 2 unspecified atom stereocenters. The van der Waals surface area contributed by atoms with Crippen LogP contribution in [-0.4, -0.2) is 24.1 Å². The molecule has 2 rings (SSSR count). The first-order valence-electron chi connectivity index (χ1n) is 8.40. The molecule has 0 amide bonds. The molecule has 1 saturated heterocycles. The van der Waals surface area contributed by atoms with Gasteiger partial charge in [-0.2, -0.15) is 0 Å². The van der Waals surface area contributed by atoms with Gasteiger partial charge in [0.1, 0.15) is 5.82 Å². The highest BCUT2D eigenvalue weighted by molar-refractivity contribution is 5.48. The zero-order chi connectivity index (χ0) is 15.4. The number of hydrogen-bond acceptors (Lipinski definition) is 3. The van der Waals surface area contributed by atoms with Gasteiger partial charge in [-0.25, -0.2) is 4.98 Å². The van der Waals surface area contributed by atoms with Crippen LogP contribution in [0.2, 0.25) is 0 Å². The predicted octanol–water partition coefficient (Wildman–Crippen LogP) is 3.76. The van der Waals surface area contributed by atoms with Crippen molar-refractivity contribution in [3.8, 4) is 0 Å². The van der Waals surface area contributed by atoms with Crippen molar-refractivity contribution in [2.24, 2.45) is 11.8 Å². The standard InChI is InChI=1S/C18H31N3/c1-13(2)10-19-11-17-9-15(4)18(20-12-17)21-7-6-14(3)8-16(21)5/h9,12-14,16,19H,6-8,10-11H2,1-5H3. The Morgan fingerprint density at radius 2 is 2.14 bits per heavy atom. The van der Waals surface area contributed by atoms with E-state index in [1.807, 2.05) is 6.20 Å². The summed E-state index contributed by atoms with van der Waals surface area (Å²) in [6.07, 6.45) is 4.60. The van der Waals surface area contributed by atoms with Gasteiger partial charge in [0.05, 0.1) is 0 Å². The number of pyridine rings is 1. The Bertz CT molecular complexity index is 456. The highest BCUT2D eigenvalue weighted by atomic mass is 15.2. The fourth-order valence-electron chi connectivity index (χ4n) is 3.25. The molecule has 3 nitrogen and oxygen atoms in total. The van der Waals surface area contributed by atoms with Crippen LogP contribution in [0.25, 0.3) is 0 Å². The summed E-state index contributed by atoms with van der Waals surface area (Å²) in [6.45, 7) is 14.5. The fourth-order valence-corrected chi connectivity index (χ4v) is 3.25. The summed E-state index contributed by atoms with van der Waals surface area (Å²) in [4.78, 5) is 7.25. The number of anilines is 1. The van der Waals surface area contributed by atoms with E-state index in [1.54, 1.807) is 0 Å². The van der Waals surface area contributed by atoms with Gasteiger partial charge >= 0.3 is 0 Å². The molecule has 1 aromatic heterocycles. The molecule has 21 heavy (non-hydrogen) atoms. The number of rotatable bonds is 5. The maximum atomic E-state index is 4.76. The molecular formula is C18H31N3. The molecule has 1 aliphatic rings. The van der Waals surface area contributed by atoms with Crippen LogP contribution in [0.3, 0.4) is 0 Å². The van der Waals surface area contributed by atoms with Crippen LogP contribution in [-0.2, 0) is 6.54 Å². The highest BCUT2D eigenvalue weighted by Gasteiger charge is 2.24. The molecular weight excluding hydrogens is 258 g/mol. The van der Waals surface area contributed by atoms with Gasteiger partial charge in [0.2, 0.25) is 0 Å². The van der Waals surface area contributed by atoms with E-state index in [-0.39, 0.29) is 0 Å². The van der Waals surface area contributed by atoms with Crippen LogP contribution >= 0.6 is 0 Å². The van der Waals surface area contributed by atoms with Gasteiger partial charge in [0.15, 0.2) is 0 Å². The van der Waals surface area contributed by atoms with Gasteiger partial charge in [0, 0.05) is 25.3 Å². The van der Waals surface area contributed by atoms with E-state index in [2.05, 4.69) is 50.9 Å². The summed E-state index contributed by atoms with van der Waals surface area (Å²) >= 11 is 0. The largest absolute Gasteiger partial charge is 0.354 e. The molecule has 3 heteroatoms. The third-order valence-corrected chi connectivity index (χ3v) is 4.40. The molecule has 0 saturated carbocycles. The number of hydrogen-bond donors (Lipinski definition) is 1. The molecule has 0 aliphatic carbocycles. The monoisotopic (exact) mass is 289 g/mol. The number of aromatic nitrogens is 1. The van der Waals surface area contributed by atoms with Crippen molar-refractivity contribution in [2.45, 2.75) is 60.0 Å². The van der Waals surface area contributed by atoms with Crippen LogP contribution in [0.1, 0.15) is 51.7 Å². The van der Waals surface area contributed by atoms with Gasteiger partial charge in [-0.15, -0.1) is 0 Å². The lowest BCUT2D eigenvalue weighted by Gasteiger charge is -2.38. The van der Waals surface area contributed by atoms with Gasteiger partial charge in [-0.1, -0.05) is 20.8 Å². The first kappa shape index (κ1) is 16.3. The fraction of sp³-hybridized carbons (Fsp3) is 0.722. The Morgan fingerprint density at radius 3 is 2.76 bits per heavy atom. The Labute approximate surface area is 130 Å². The summed E-state index contributed by atoms with van der Waals surface area (Å²) in [5.74, 6) is 2.72. The molecule has 0 aromatic carbocycles. The minimum atomic E-state index is 0.602. The topological polar surface area (TPSA) is 28.2 Å². The highest BCUT2D eigenvalue weighted by Crippen LogP contribution is 2.28. The summed E-state index contributed by atoms with van der Waals surface area (Å²) in [6, 6.07) is 2.89. The molecule has 0 spiro atoms. The maximum absolute atomic E-state index is 4.76. The van der Waals surface area contributed by atoms with Gasteiger partial charge in [-0.05, 0) is 62.3 Å². The van der Waals surface area contributed by atoms with E-state index in [0.717, 1.165) is 25.6 Å². The van der Waals surface area contributed by atoms with Gasteiger partial charge < -0.3 is 10.2 Å². The Balaban J connectivity index is 2.02. The van der Waals surface area contributed by atoms with Crippen molar-refractivity contribution in [3.63, 3.8) is 0 Å². The second-order valence-corrected chi connectivity index (χ2v) is 7.18.